The van der Waals surface area contributed by atoms with Gasteiger partial charge in [0.05, 0.1) is 0 Å². The van der Waals surface area contributed by atoms with Gasteiger partial charge in [0.15, 0.2) is 0 Å². The van der Waals surface area contributed by atoms with E-state index in [1.807, 2.05) is 41.8 Å². The third-order valence-electron chi connectivity index (χ3n) is 3.92. The fraction of sp³-hybridized carbons (Fsp3) is 0.278. The molecule has 4 heteroatoms. The van der Waals surface area contributed by atoms with E-state index in [2.05, 4.69) is 17.1 Å². The number of aryl methyl sites for hydroxylation is 2. The molecule has 2 N–H and O–H groups in total. The van der Waals surface area contributed by atoms with E-state index < -0.39 is 0 Å². The monoisotopic (exact) mass is 296 g/mol. The van der Waals surface area contributed by atoms with Gasteiger partial charge in [0.25, 0.3) is 5.56 Å². The van der Waals surface area contributed by atoms with Crippen LogP contribution in [-0.4, -0.2) is 21.1 Å². The number of aromatic amines is 1. The van der Waals surface area contributed by atoms with Crippen LogP contribution in [0.4, 0.5) is 0 Å². The van der Waals surface area contributed by atoms with Crippen LogP contribution in [0.15, 0.2) is 47.4 Å². The highest BCUT2D eigenvalue weighted by atomic mass is 16.2. The topological polar surface area (TPSA) is 57.5 Å². The fourth-order valence-corrected chi connectivity index (χ4v) is 2.88. The number of aliphatic hydroxyl groups is 1. The standard InChI is InChI=1S/C18H20N2O2/c1-13-12-20-16(10-14-6-3-2-4-7-14)15(8-5-9-21)11-17(20)18(22)19-13/h2-4,6-7,11-12,21H,5,8-10H2,1H3,(H,19,22). The normalized spacial score (nSPS) is 11.2. The number of rotatable bonds is 5. The quantitative estimate of drug-likeness (QED) is 0.760. The zero-order valence-corrected chi connectivity index (χ0v) is 12.7. The van der Waals surface area contributed by atoms with E-state index in [9.17, 15) is 4.79 Å². The van der Waals surface area contributed by atoms with E-state index in [1.165, 1.54) is 5.56 Å². The second kappa shape index (κ2) is 6.20. The molecule has 3 rings (SSSR count). The number of aliphatic hydroxyl groups excluding tert-OH is 1. The van der Waals surface area contributed by atoms with Crippen LogP contribution >= 0.6 is 0 Å². The van der Waals surface area contributed by atoms with Crippen molar-refractivity contribution in [3.05, 3.63) is 75.5 Å². The molecule has 0 atom stereocenters. The number of H-pyrrole nitrogens is 1. The van der Waals surface area contributed by atoms with Crippen LogP contribution in [0.25, 0.3) is 5.52 Å². The Hall–Kier alpha value is -2.33. The van der Waals surface area contributed by atoms with Gasteiger partial charge >= 0.3 is 0 Å². The maximum atomic E-state index is 12.2. The molecule has 2 heterocycles. The molecular formula is C18H20N2O2. The van der Waals surface area contributed by atoms with Crippen LogP contribution in [0.2, 0.25) is 0 Å². The van der Waals surface area contributed by atoms with Crippen molar-refractivity contribution >= 4 is 5.52 Å². The van der Waals surface area contributed by atoms with Crippen LogP contribution in [0, 0.1) is 6.92 Å². The average molecular weight is 296 g/mol. The summed E-state index contributed by atoms with van der Waals surface area (Å²) in [7, 11) is 0. The molecule has 4 nitrogen and oxygen atoms in total. The third-order valence-corrected chi connectivity index (χ3v) is 3.92. The minimum Gasteiger partial charge on any atom is -0.396 e. The van der Waals surface area contributed by atoms with Gasteiger partial charge in [-0.05, 0) is 37.0 Å². The second-order valence-electron chi connectivity index (χ2n) is 5.63. The number of fused-ring (bicyclic) bond motifs is 1. The highest BCUT2D eigenvalue weighted by Gasteiger charge is 2.13. The average Bonchev–Trinajstić information content (AvgIpc) is 2.85. The van der Waals surface area contributed by atoms with Gasteiger partial charge in [-0.15, -0.1) is 0 Å². The van der Waals surface area contributed by atoms with E-state index in [4.69, 9.17) is 5.11 Å². The molecule has 0 saturated carbocycles. The fourth-order valence-electron chi connectivity index (χ4n) is 2.88. The van der Waals surface area contributed by atoms with Crippen molar-refractivity contribution in [2.45, 2.75) is 26.2 Å². The molecule has 0 spiro atoms. The second-order valence-corrected chi connectivity index (χ2v) is 5.63. The van der Waals surface area contributed by atoms with E-state index >= 15 is 0 Å². The van der Waals surface area contributed by atoms with Gasteiger partial charge in [-0.25, -0.2) is 0 Å². The molecular weight excluding hydrogens is 276 g/mol. The van der Waals surface area contributed by atoms with Crippen LogP contribution in [0.3, 0.4) is 0 Å². The first-order valence-electron chi connectivity index (χ1n) is 7.56. The molecule has 0 unspecified atom stereocenters. The highest BCUT2D eigenvalue weighted by Crippen LogP contribution is 2.20. The Labute approximate surface area is 129 Å². The molecule has 0 saturated heterocycles. The first-order chi connectivity index (χ1) is 10.7. The van der Waals surface area contributed by atoms with Gasteiger partial charge in [0.2, 0.25) is 0 Å². The lowest BCUT2D eigenvalue weighted by Gasteiger charge is -2.07. The largest absolute Gasteiger partial charge is 0.396 e. The molecule has 0 aliphatic rings. The Kier molecular flexibility index (Phi) is 4.11. The summed E-state index contributed by atoms with van der Waals surface area (Å²) in [5, 5.41) is 9.11. The molecule has 0 fully saturated rings. The maximum absolute atomic E-state index is 12.2. The summed E-state index contributed by atoms with van der Waals surface area (Å²) in [6, 6.07) is 12.2. The molecule has 22 heavy (non-hydrogen) atoms. The summed E-state index contributed by atoms with van der Waals surface area (Å²) in [5.41, 5.74) is 4.92. The first-order valence-corrected chi connectivity index (χ1v) is 7.56. The van der Waals surface area contributed by atoms with E-state index in [1.54, 1.807) is 0 Å². The van der Waals surface area contributed by atoms with Crippen LogP contribution in [-0.2, 0) is 12.8 Å². The lowest BCUT2D eigenvalue weighted by molar-refractivity contribution is 0.288. The number of aromatic nitrogens is 2. The molecule has 0 bridgehead atoms. The molecule has 1 aromatic carbocycles. The predicted molar refractivity (Wildman–Crippen MR) is 87.4 cm³/mol. The van der Waals surface area contributed by atoms with Crippen molar-refractivity contribution in [3.8, 4) is 0 Å². The Morgan fingerprint density at radius 3 is 2.73 bits per heavy atom. The highest BCUT2D eigenvalue weighted by molar-refractivity contribution is 5.53. The Morgan fingerprint density at radius 2 is 2.00 bits per heavy atom. The molecule has 3 aromatic rings. The smallest absolute Gasteiger partial charge is 0.272 e. The van der Waals surface area contributed by atoms with Gasteiger partial charge in [-0.2, -0.15) is 0 Å². The summed E-state index contributed by atoms with van der Waals surface area (Å²) in [4.78, 5) is 15.0. The molecule has 2 aromatic heterocycles. The molecule has 0 aliphatic heterocycles. The van der Waals surface area contributed by atoms with Crippen molar-refractivity contribution in [2.75, 3.05) is 6.61 Å². The lowest BCUT2D eigenvalue weighted by Crippen LogP contribution is -2.11. The van der Waals surface area contributed by atoms with Crippen LogP contribution in [0.5, 0.6) is 0 Å². The van der Waals surface area contributed by atoms with E-state index in [0.29, 0.717) is 11.9 Å². The SMILES string of the molecule is Cc1cn2c(Cc3ccccc3)c(CCCO)cc2c(=O)[nH]1. The van der Waals surface area contributed by atoms with Gasteiger partial charge < -0.3 is 14.5 Å². The van der Waals surface area contributed by atoms with Crippen molar-refractivity contribution in [2.24, 2.45) is 0 Å². The van der Waals surface area contributed by atoms with Gasteiger partial charge in [-0.1, -0.05) is 30.3 Å². The summed E-state index contributed by atoms with van der Waals surface area (Å²) >= 11 is 0. The molecule has 114 valence electrons. The van der Waals surface area contributed by atoms with Crippen molar-refractivity contribution < 1.29 is 5.11 Å². The summed E-state index contributed by atoms with van der Waals surface area (Å²) in [5.74, 6) is 0. The lowest BCUT2D eigenvalue weighted by atomic mass is 10.0. The van der Waals surface area contributed by atoms with Gasteiger partial charge in [0, 0.05) is 30.6 Å². The summed E-state index contributed by atoms with van der Waals surface area (Å²) < 4.78 is 1.99. The zero-order valence-electron chi connectivity index (χ0n) is 12.7. The van der Waals surface area contributed by atoms with Crippen LogP contribution < -0.4 is 5.56 Å². The number of hydrogen-bond acceptors (Lipinski definition) is 2. The number of nitrogens with one attached hydrogen (secondary N) is 1. The van der Waals surface area contributed by atoms with Gasteiger partial charge in [-0.3, -0.25) is 4.79 Å². The minimum absolute atomic E-state index is 0.0652. The van der Waals surface area contributed by atoms with Crippen molar-refractivity contribution in [1.82, 2.24) is 9.38 Å². The molecule has 0 aliphatic carbocycles. The van der Waals surface area contributed by atoms with E-state index in [-0.39, 0.29) is 12.2 Å². The summed E-state index contributed by atoms with van der Waals surface area (Å²) in [6.07, 6.45) is 4.23. The number of hydrogen-bond donors (Lipinski definition) is 2. The zero-order chi connectivity index (χ0) is 15.5. The predicted octanol–water partition coefficient (Wildman–Crippen LogP) is 2.45. The first kappa shape index (κ1) is 14.6. The maximum Gasteiger partial charge on any atom is 0.272 e. The third kappa shape index (κ3) is 2.83. The summed E-state index contributed by atoms with van der Waals surface area (Å²) in [6.45, 7) is 2.05. The van der Waals surface area contributed by atoms with Crippen molar-refractivity contribution in [3.63, 3.8) is 0 Å². The molecule has 0 amide bonds. The van der Waals surface area contributed by atoms with Gasteiger partial charge in [0.1, 0.15) is 5.52 Å². The Morgan fingerprint density at radius 1 is 1.23 bits per heavy atom. The molecule has 0 radical (unpaired) electrons. The van der Waals surface area contributed by atoms with Crippen LogP contribution in [0.1, 0.15) is 28.9 Å². The van der Waals surface area contributed by atoms with E-state index in [0.717, 1.165) is 29.8 Å². The number of benzene rings is 1. The van der Waals surface area contributed by atoms with Crippen molar-refractivity contribution in [1.29, 1.82) is 0 Å². The minimum atomic E-state index is -0.0652. The Bertz CT molecular complexity index is 831. The Balaban J connectivity index is 2.13. The number of nitrogens with zero attached hydrogens (tertiary/aromatic N) is 1.